The van der Waals surface area contributed by atoms with E-state index in [1.165, 1.54) is 25.7 Å². The third-order valence-corrected chi connectivity index (χ3v) is 5.65. The zero-order valence-corrected chi connectivity index (χ0v) is 15.1. The molecule has 2 heterocycles. The Morgan fingerprint density at radius 3 is 2.84 bits per heavy atom. The van der Waals surface area contributed by atoms with Crippen LogP contribution in [0.5, 0.6) is 0 Å². The molecule has 1 aliphatic heterocycles. The van der Waals surface area contributed by atoms with Crippen molar-refractivity contribution in [2.45, 2.75) is 45.6 Å². The van der Waals surface area contributed by atoms with E-state index in [2.05, 4.69) is 38.6 Å². The van der Waals surface area contributed by atoms with E-state index < -0.39 is 0 Å². The minimum absolute atomic E-state index is 0.640. The summed E-state index contributed by atoms with van der Waals surface area (Å²) in [6.07, 6.45) is 5.48. The number of aromatic nitrogens is 2. The second kappa shape index (κ2) is 6.96. The summed E-state index contributed by atoms with van der Waals surface area (Å²) in [5.74, 6) is 2.36. The minimum atomic E-state index is 0.640. The smallest absolute Gasteiger partial charge is 0.274 e. The first-order chi connectivity index (χ1) is 12.2. The van der Waals surface area contributed by atoms with Crippen LogP contribution in [0.3, 0.4) is 0 Å². The van der Waals surface area contributed by atoms with Gasteiger partial charge < -0.3 is 0 Å². The maximum absolute atomic E-state index is 4.62. The summed E-state index contributed by atoms with van der Waals surface area (Å²) in [4.78, 5) is 14.3. The molecule has 1 saturated carbocycles. The summed E-state index contributed by atoms with van der Waals surface area (Å²) in [5.41, 5.74) is 1.96. The molecule has 2 aromatic rings. The number of para-hydroxylation sites is 1. The highest BCUT2D eigenvalue weighted by molar-refractivity contribution is 5.89. The van der Waals surface area contributed by atoms with E-state index in [1.807, 2.05) is 25.1 Å². The Kier molecular flexibility index (Phi) is 4.53. The molecule has 4 rings (SSSR count). The number of anilines is 1. The van der Waals surface area contributed by atoms with Gasteiger partial charge in [0, 0.05) is 11.3 Å². The van der Waals surface area contributed by atoms with Gasteiger partial charge in [0.15, 0.2) is 13.3 Å². The molecular weight excluding hydrogens is 312 g/mol. The lowest BCUT2D eigenvalue weighted by molar-refractivity contribution is -1.00. The van der Waals surface area contributed by atoms with Crippen molar-refractivity contribution in [1.82, 2.24) is 15.3 Å². The Bertz CT molecular complexity index is 787. The summed E-state index contributed by atoms with van der Waals surface area (Å²) >= 11 is 0. The first-order valence-corrected chi connectivity index (χ1v) is 9.40. The van der Waals surface area contributed by atoms with Crippen LogP contribution in [0.2, 0.25) is 0 Å². The Hall–Kier alpha value is -2.21. The molecule has 1 aromatic carbocycles. The van der Waals surface area contributed by atoms with Gasteiger partial charge in [0.05, 0.1) is 17.3 Å². The predicted molar refractivity (Wildman–Crippen MR) is 99.1 cm³/mol. The predicted octanol–water partition coefficient (Wildman–Crippen LogP) is -0.231. The molecule has 6 heteroatoms. The van der Waals surface area contributed by atoms with E-state index in [4.69, 9.17) is 0 Å². The summed E-state index contributed by atoms with van der Waals surface area (Å²) in [6.45, 7) is 6.31. The topological polar surface area (TPSA) is 68.2 Å². The van der Waals surface area contributed by atoms with Gasteiger partial charge in [-0.25, -0.2) is 20.6 Å². The van der Waals surface area contributed by atoms with Gasteiger partial charge >= 0.3 is 5.96 Å². The van der Waals surface area contributed by atoms with Crippen LogP contribution >= 0.6 is 0 Å². The lowest BCUT2D eigenvalue weighted by Crippen LogP contribution is -3.27. The molecule has 2 aliphatic rings. The number of hydrogen-bond donors (Lipinski definition) is 4. The number of nitrogens with one attached hydrogen (secondary N) is 4. The second-order valence-electron chi connectivity index (χ2n) is 7.38. The first-order valence-electron chi connectivity index (χ1n) is 9.40. The van der Waals surface area contributed by atoms with Gasteiger partial charge in [0.2, 0.25) is 0 Å². The number of aryl methyl sites for hydroxylation is 1. The van der Waals surface area contributed by atoms with Gasteiger partial charge in [-0.3, -0.25) is 4.90 Å². The molecular formula is C19H28N6+2. The third-order valence-electron chi connectivity index (χ3n) is 5.65. The molecule has 1 unspecified atom stereocenters. The summed E-state index contributed by atoms with van der Waals surface area (Å²) in [5, 5.41) is 7.89. The lowest BCUT2D eigenvalue weighted by atomic mass is 9.85. The van der Waals surface area contributed by atoms with Gasteiger partial charge in [-0.05, 0) is 32.3 Å². The zero-order valence-electron chi connectivity index (χ0n) is 15.1. The molecule has 1 aliphatic carbocycles. The zero-order chi connectivity index (χ0) is 17.2. The van der Waals surface area contributed by atoms with Crippen LogP contribution in [0, 0.1) is 12.8 Å². The Morgan fingerprint density at radius 2 is 2.04 bits per heavy atom. The van der Waals surface area contributed by atoms with E-state index in [9.17, 15) is 0 Å². The average molecular weight is 340 g/mol. The third kappa shape index (κ3) is 3.44. The first kappa shape index (κ1) is 16.3. The maximum Gasteiger partial charge on any atom is 0.359 e. The minimum Gasteiger partial charge on any atom is -0.274 e. The van der Waals surface area contributed by atoms with Gasteiger partial charge in [0.25, 0.3) is 5.95 Å². The van der Waals surface area contributed by atoms with E-state index in [-0.39, 0.29) is 0 Å². The van der Waals surface area contributed by atoms with Crippen LogP contribution in [0.4, 0.5) is 5.95 Å². The largest absolute Gasteiger partial charge is 0.359 e. The molecule has 0 bridgehead atoms. The van der Waals surface area contributed by atoms with Gasteiger partial charge in [-0.2, -0.15) is 4.98 Å². The molecule has 0 radical (unpaired) electrons. The van der Waals surface area contributed by atoms with Crippen LogP contribution < -0.4 is 20.5 Å². The Labute approximate surface area is 148 Å². The molecule has 0 spiro atoms. The van der Waals surface area contributed by atoms with E-state index in [0.717, 1.165) is 47.9 Å². The highest BCUT2D eigenvalue weighted by atomic mass is 15.4. The van der Waals surface area contributed by atoms with Crippen LogP contribution in [0.25, 0.3) is 10.9 Å². The standard InChI is InChI=1S/C19H26N6/c1-13-7-3-6-10-17(13)25-11-20-18(21-12-25)24-19-22-14(2)15-8-4-5-9-16(15)23-19/h4-5,8-9,13,17H,3,6-7,10-12H2,1-2H3,(H2,20,21,22,23,24)/p+2/t13-,17+/m0/s1. The van der Waals surface area contributed by atoms with Gasteiger partial charge in [-0.15, -0.1) is 0 Å². The highest BCUT2D eigenvalue weighted by Gasteiger charge is 2.33. The van der Waals surface area contributed by atoms with Gasteiger partial charge in [-0.1, -0.05) is 31.5 Å². The summed E-state index contributed by atoms with van der Waals surface area (Å²) in [7, 11) is 0. The van der Waals surface area contributed by atoms with Crippen LogP contribution in [0.15, 0.2) is 24.3 Å². The van der Waals surface area contributed by atoms with E-state index in [0.29, 0.717) is 5.95 Å². The van der Waals surface area contributed by atoms with E-state index in [1.54, 1.807) is 4.90 Å². The molecule has 6 nitrogen and oxygen atoms in total. The molecule has 1 fully saturated rings. The van der Waals surface area contributed by atoms with Crippen molar-refractivity contribution in [2.24, 2.45) is 5.92 Å². The van der Waals surface area contributed by atoms with Crippen LogP contribution in [0.1, 0.15) is 38.3 Å². The number of guanidine groups is 1. The van der Waals surface area contributed by atoms with Crippen molar-refractivity contribution in [3.63, 3.8) is 0 Å². The molecule has 132 valence electrons. The monoisotopic (exact) mass is 340 g/mol. The van der Waals surface area contributed by atoms with Crippen molar-refractivity contribution in [3.8, 4) is 0 Å². The normalized spacial score (nSPS) is 26.8. The van der Waals surface area contributed by atoms with Crippen LogP contribution in [-0.4, -0.2) is 35.3 Å². The molecule has 3 atom stereocenters. The Morgan fingerprint density at radius 1 is 1.20 bits per heavy atom. The number of rotatable bonds is 2. The number of nitrogens with zero attached hydrogens (tertiary/aromatic N) is 2. The summed E-state index contributed by atoms with van der Waals surface area (Å²) < 4.78 is 0. The van der Waals surface area contributed by atoms with Crippen LogP contribution in [-0.2, 0) is 0 Å². The molecule has 1 aromatic heterocycles. The fourth-order valence-corrected chi connectivity index (χ4v) is 4.21. The number of fused-ring (bicyclic) bond motifs is 1. The quantitative estimate of drug-likeness (QED) is 0.610. The Balaban J connectivity index is 1.45. The highest BCUT2D eigenvalue weighted by Crippen LogP contribution is 2.21. The van der Waals surface area contributed by atoms with Gasteiger partial charge in [0.1, 0.15) is 0 Å². The lowest BCUT2D eigenvalue weighted by Gasteiger charge is -2.35. The molecule has 0 amide bonds. The number of hydrogen-bond acceptors (Lipinski definition) is 4. The maximum atomic E-state index is 4.62. The van der Waals surface area contributed by atoms with E-state index >= 15 is 0 Å². The SMILES string of the molecule is Cc1nc(NC2=[NH+]C[NH+]([C@@H]3CCCC[C@@H]3C)CN2)nc2ccccc12. The number of quaternary nitrogens is 1. The van der Waals surface area contributed by atoms with Crippen molar-refractivity contribution >= 4 is 22.8 Å². The van der Waals surface area contributed by atoms with Crippen molar-refractivity contribution in [3.05, 3.63) is 30.0 Å². The molecule has 4 N–H and O–H groups in total. The number of benzene rings is 1. The summed E-state index contributed by atoms with van der Waals surface area (Å²) in [6, 6.07) is 8.88. The fraction of sp³-hybridized carbons (Fsp3) is 0.526. The second-order valence-corrected chi connectivity index (χ2v) is 7.38. The molecule has 0 saturated heterocycles. The van der Waals surface area contributed by atoms with Crippen molar-refractivity contribution < 1.29 is 9.89 Å². The van der Waals surface area contributed by atoms with Crippen molar-refractivity contribution in [1.29, 1.82) is 0 Å². The van der Waals surface area contributed by atoms with Crippen molar-refractivity contribution in [2.75, 3.05) is 18.7 Å². The fourth-order valence-electron chi connectivity index (χ4n) is 4.21. The average Bonchev–Trinajstić information content (AvgIpc) is 2.63. The molecule has 25 heavy (non-hydrogen) atoms.